The second kappa shape index (κ2) is 3.05. The molecule has 0 unspecified atom stereocenters. The van der Waals surface area contributed by atoms with E-state index in [4.69, 9.17) is 4.74 Å². The Balaban J connectivity index is 2.76. The standard InChI is InChI=1S/C9H17NO2/c1-7(2)8-5-12-9(3,4)10(8)6-11/h6-8H,5H2,1-4H3/t8-/m1/s1. The van der Waals surface area contributed by atoms with Crippen LogP contribution in [-0.2, 0) is 9.53 Å². The summed E-state index contributed by atoms with van der Waals surface area (Å²) in [6, 6.07) is 0.234. The number of ether oxygens (including phenoxy) is 1. The molecule has 1 aliphatic heterocycles. The van der Waals surface area contributed by atoms with Crippen molar-refractivity contribution in [3.8, 4) is 0 Å². The topological polar surface area (TPSA) is 29.5 Å². The minimum atomic E-state index is -0.420. The van der Waals surface area contributed by atoms with Crippen LogP contribution in [0.1, 0.15) is 27.7 Å². The van der Waals surface area contributed by atoms with E-state index in [2.05, 4.69) is 13.8 Å². The van der Waals surface area contributed by atoms with E-state index >= 15 is 0 Å². The molecule has 1 rings (SSSR count). The highest BCUT2D eigenvalue weighted by Crippen LogP contribution is 2.28. The maximum atomic E-state index is 10.8. The zero-order valence-corrected chi connectivity index (χ0v) is 8.20. The summed E-state index contributed by atoms with van der Waals surface area (Å²) in [7, 11) is 0. The summed E-state index contributed by atoms with van der Waals surface area (Å²) >= 11 is 0. The van der Waals surface area contributed by atoms with Crippen LogP contribution in [0, 0.1) is 5.92 Å². The Morgan fingerprint density at radius 1 is 1.58 bits per heavy atom. The van der Waals surface area contributed by atoms with Crippen LogP contribution >= 0.6 is 0 Å². The molecule has 0 N–H and O–H groups in total. The lowest BCUT2D eigenvalue weighted by atomic mass is 10.0. The van der Waals surface area contributed by atoms with Crippen LogP contribution in [0.25, 0.3) is 0 Å². The predicted molar refractivity (Wildman–Crippen MR) is 46.6 cm³/mol. The van der Waals surface area contributed by atoms with Crippen molar-refractivity contribution in [2.45, 2.75) is 39.5 Å². The number of amides is 1. The predicted octanol–water partition coefficient (Wildman–Crippen LogP) is 1.24. The third kappa shape index (κ3) is 1.46. The van der Waals surface area contributed by atoms with Crippen LogP contribution in [0.3, 0.4) is 0 Å². The van der Waals surface area contributed by atoms with E-state index in [9.17, 15) is 4.79 Å². The maximum absolute atomic E-state index is 10.8. The van der Waals surface area contributed by atoms with Gasteiger partial charge in [-0.2, -0.15) is 0 Å². The van der Waals surface area contributed by atoms with Crippen molar-refractivity contribution < 1.29 is 9.53 Å². The number of nitrogens with zero attached hydrogens (tertiary/aromatic N) is 1. The average Bonchev–Trinajstić information content (AvgIpc) is 2.24. The lowest BCUT2D eigenvalue weighted by Crippen LogP contribution is -2.44. The summed E-state index contributed by atoms with van der Waals surface area (Å²) in [6.07, 6.45) is 0.887. The van der Waals surface area contributed by atoms with Crippen LogP contribution in [0.5, 0.6) is 0 Å². The monoisotopic (exact) mass is 171 g/mol. The first-order valence-corrected chi connectivity index (χ1v) is 4.36. The van der Waals surface area contributed by atoms with Crippen LogP contribution in [0.2, 0.25) is 0 Å². The van der Waals surface area contributed by atoms with Crippen molar-refractivity contribution in [2.75, 3.05) is 6.61 Å². The summed E-state index contributed by atoms with van der Waals surface area (Å²) in [6.45, 7) is 8.70. The second-order valence-corrected chi connectivity index (χ2v) is 4.08. The van der Waals surface area contributed by atoms with Crippen molar-refractivity contribution in [3.63, 3.8) is 0 Å². The van der Waals surface area contributed by atoms with E-state index in [1.165, 1.54) is 0 Å². The highest BCUT2D eigenvalue weighted by Gasteiger charge is 2.40. The number of rotatable bonds is 2. The fraction of sp³-hybridized carbons (Fsp3) is 0.889. The summed E-state index contributed by atoms with van der Waals surface area (Å²) in [5, 5.41) is 0. The SMILES string of the molecule is CC(C)[C@H]1COC(C)(C)N1C=O. The zero-order chi connectivity index (χ0) is 9.35. The Labute approximate surface area is 73.7 Å². The molecule has 1 fully saturated rings. The fourth-order valence-electron chi connectivity index (χ4n) is 1.56. The van der Waals surface area contributed by atoms with Crippen molar-refractivity contribution in [3.05, 3.63) is 0 Å². The molecule has 0 aliphatic carbocycles. The van der Waals surface area contributed by atoms with E-state index in [1.807, 2.05) is 13.8 Å². The molecule has 12 heavy (non-hydrogen) atoms. The molecule has 0 spiro atoms. The van der Waals surface area contributed by atoms with Crippen molar-refractivity contribution >= 4 is 6.41 Å². The normalized spacial score (nSPS) is 28.1. The number of hydrogen-bond acceptors (Lipinski definition) is 2. The van der Waals surface area contributed by atoms with Crippen LogP contribution in [0.15, 0.2) is 0 Å². The van der Waals surface area contributed by atoms with Gasteiger partial charge >= 0.3 is 0 Å². The van der Waals surface area contributed by atoms with Gasteiger partial charge in [-0.25, -0.2) is 0 Å². The van der Waals surface area contributed by atoms with Gasteiger partial charge in [-0.15, -0.1) is 0 Å². The van der Waals surface area contributed by atoms with Gasteiger partial charge in [0, 0.05) is 0 Å². The highest BCUT2D eigenvalue weighted by atomic mass is 16.5. The molecule has 1 amide bonds. The first-order chi connectivity index (χ1) is 5.49. The first kappa shape index (κ1) is 9.52. The molecule has 70 valence electrons. The third-order valence-corrected chi connectivity index (χ3v) is 2.47. The van der Waals surface area contributed by atoms with Crippen molar-refractivity contribution in [1.82, 2.24) is 4.90 Å². The van der Waals surface area contributed by atoms with Crippen LogP contribution in [-0.4, -0.2) is 29.7 Å². The lowest BCUT2D eigenvalue weighted by Gasteiger charge is -2.31. The smallest absolute Gasteiger partial charge is 0.212 e. The van der Waals surface area contributed by atoms with Gasteiger partial charge in [0.05, 0.1) is 12.6 Å². The zero-order valence-electron chi connectivity index (χ0n) is 8.20. The Bertz CT molecular complexity index is 177. The van der Waals surface area contributed by atoms with Crippen LogP contribution < -0.4 is 0 Å². The number of carbonyl (C=O) groups excluding carboxylic acids is 1. The van der Waals surface area contributed by atoms with Gasteiger partial charge < -0.3 is 9.64 Å². The molecule has 0 bridgehead atoms. The van der Waals surface area contributed by atoms with E-state index in [-0.39, 0.29) is 6.04 Å². The van der Waals surface area contributed by atoms with E-state index < -0.39 is 5.72 Å². The van der Waals surface area contributed by atoms with E-state index in [1.54, 1.807) is 4.90 Å². The Hall–Kier alpha value is -0.570. The fourth-order valence-corrected chi connectivity index (χ4v) is 1.56. The summed E-state index contributed by atoms with van der Waals surface area (Å²) < 4.78 is 5.51. The maximum Gasteiger partial charge on any atom is 0.212 e. The molecule has 0 saturated carbocycles. The van der Waals surface area contributed by atoms with Gasteiger partial charge in [-0.05, 0) is 19.8 Å². The quantitative estimate of drug-likeness (QED) is 0.585. The summed E-state index contributed by atoms with van der Waals surface area (Å²) in [5.74, 6) is 0.456. The van der Waals surface area contributed by atoms with Gasteiger partial charge in [0.2, 0.25) is 6.41 Å². The largest absolute Gasteiger partial charge is 0.354 e. The third-order valence-electron chi connectivity index (χ3n) is 2.47. The van der Waals surface area contributed by atoms with E-state index in [0.29, 0.717) is 12.5 Å². The number of hydrogen-bond donors (Lipinski definition) is 0. The molecule has 0 aromatic heterocycles. The van der Waals surface area contributed by atoms with Gasteiger partial charge in [0.1, 0.15) is 5.72 Å². The number of carbonyl (C=O) groups is 1. The molecule has 1 heterocycles. The molecule has 3 heteroatoms. The molecular formula is C9H17NO2. The van der Waals surface area contributed by atoms with Crippen LogP contribution in [0.4, 0.5) is 0 Å². The first-order valence-electron chi connectivity index (χ1n) is 4.36. The highest BCUT2D eigenvalue weighted by molar-refractivity contribution is 5.49. The van der Waals surface area contributed by atoms with Gasteiger partial charge in [-0.1, -0.05) is 13.8 Å². The Morgan fingerprint density at radius 3 is 2.50 bits per heavy atom. The summed E-state index contributed by atoms with van der Waals surface area (Å²) in [4.78, 5) is 12.5. The molecule has 1 aliphatic rings. The van der Waals surface area contributed by atoms with Crippen molar-refractivity contribution in [1.29, 1.82) is 0 Å². The average molecular weight is 171 g/mol. The minimum Gasteiger partial charge on any atom is -0.354 e. The Morgan fingerprint density at radius 2 is 2.17 bits per heavy atom. The summed E-state index contributed by atoms with van der Waals surface area (Å²) in [5.41, 5.74) is -0.420. The minimum absolute atomic E-state index is 0.234. The Kier molecular flexibility index (Phi) is 2.42. The second-order valence-electron chi connectivity index (χ2n) is 4.08. The van der Waals surface area contributed by atoms with E-state index in [0.717, 1.165) is 6.41 Å². The molecule has 0 aromatic carbocycles. The molecule has 0 radical (unpaired) electrons. The van der Waals surface area contributed by atoms with Gasteiger partial charge in [0.25, 0.3) is 0 Å². The molecular weight excluding hydrogens is 154 g/mol. The molecule has 0 aromatic rings. The molecule has 1 saturated heterocycles. The molecule has 3 nitrogen and oxygen atoms in total. The van der Waals surface area contributed by atoms with Gasteiger partial charge in [-0.3, -0.25) is 4.79 Å². The van der Waals surface area contributed by atoms with Crippen molar-refractivity contribution in [2.24, 2.45) is 5.92 Å². The molecule has 1 atom stereocenters. The van der Waals surface area contributed by atoms with Gasteiger partial charge in [0.15, 0.2) is 0 Å². The lowest BCUT2D eigenvalue weighted by molar-refractivity contribution is -0.132.